The lowest BCUT2D eigenvalue weighted by Crippen LogP contribution is -2.08. The number of aromatic hydroxyl groups is 2. The number of phenols is 2. The van der Waals surface area contributed by atoms with Gasteiger partial charge in [-0.1, -0.05) is 60.7 Å². The first-order valence-corrected chi connectivity index (χ1v) is 12.4. The Morgan fingerprint density at radius 3 is 1.03 bits per heavy atom. The van der Waals surface area contributed by atoms with Crippen molar-refractivity contribution in [2.45, 2.75) is 6.42 Å². The number of hydrogen-bond donors (Lipinski definition) is 2. The Hall–Kier alpha value is -4.44. The zero-order chi connectivity index (χ0) is 26.4. The van der Waals surface area contributed by atoms with Gasteiger partial charge in [0, 0.05) is 39.6 Å². The van der Waals surface area contributed by atoms with Gasteiger partial charge >= 0.3 is 0 Å². The molecule has 0 heterocycles. The third-order valence-electron chi connectivity index (χ3n) is 6.39. The molecule has 0 unspecified atom stereocenters. The average Bonchev–Trinajstić information content (AvgIpc) is 2.90. The molecule has 4 heteroatoms. The zero-order valence-corrected chi connectivity index (χ0v) is 21.9. The maximum Gasteiger partial charge on any atom is 0.115 e. The number of nitrogens with zero attached hydrogens (tertiary/aromatic N) is 2. The SMILES string of the molecule is CN(C)c1ccc(C(=CCC=C(c2ccc(O)cc2)c2ccc(N(C)C)cc2)c2ccc(O)cc2)cc1. The van der Waals surface area contributed by atoms with Crippen LogP contribution in [0.2, 0.25) is 0 Å². The highest BCUT2D eigenvalue weighted by atomic mass is 16.3. The van der Waals surface area contributed by atoms with E-state index in [4.69, 9.17) is 0 Å². The van der Waals surface area contributed by atoms with Gasteiger partial charge in [-0.3, -0.25) is 0 Å². The number of anilines is 2. The standard InChI is InChI=1S/C33H34N2O2/c1-34(2)28-16-8-24(9-17-28)32(26-12-20-30(36)21-13-26)6-5-7-33(27-14-22-31(37)23-15-27)25-10-18-29(19-11-25)35(3)4/h6-23,36-37H,5H2,1-4H3. The molecule has 0 fully saturated rings. The van der Waals surface area contributed by atoms with Crippen molar-refractivity contribution in [3.05, 3.63) is 131 Å². The molecule has 0 radical (unpaired) electrons. The van der Waals surface area contributed by atoms with Crippen molar-refractivity contribution in [3.8, 4) is 11.5 Å². The number of rotatable bonds is 8. The predicted octanol–water partition coefficient (Wildman–Crippen LogP) is 7.18. The van der Waals surface area contributed by atoms with Crippen LogP contribution < -0.4 is 9.80 Å². The molecule has 0 atom stereocenters. The molecular formula is C33H34N2O2. The van der Waals surface area contributed by atoms with E-state index in [0.29, 0.717) is 6.42 Å². The topological polar surface area (TPSA) is 46.9 Å². The highest BCUT2D eigenvalue weighted by molar-refractivity contribution is 5.83. The summed E-state index contributed by atoms with van der Waals surface area (Å²) in [5, 5.41) is 19.7. The van der Waals surface area contributed by atoms with Crippen molar-refractivity contribution in [2.75, 3.05) is 38.0 Å². The molecule has 0 aliphatic carbocycles. The number of phenolic OH excluding ortho intramolecular Hbond substituents is 2. The van der Waals surface area contributed by atoms with Crippen LogP contribution in [-0.4, -0.2) is 38.4 Å². The van der Waals surface area contributed by atoms with Crippen LogP contribution in [0.4, 0.5) is 11.4 Å². The van der Waals surface area contributed by atoms with E-state index in [0.717, 1.165) is 44.8 Å². The minimum Gasteiger partial charge on any atom is -0.508 e. The molecule has 37 heavy (non-hydrogen) atoms. The molecule has 0 bridgehead atoms. The van der Waals surface area contributed by atoms with E-state index >= 15 is 0 Å². The van der Waals surface area contributed by atoms with Gasteiger partial charge in [0.05, 0.1) is 0 Å². The largest absolute Gasteiger partial charge is 0.508 e. The highest BCUT2D eigenvalue weighted by Gasteiger charge is 2.09. The minimum atomic E-state index is 0.252. The molecule has 0 saturated carbocycles. The maximum atomic E-state index is 9.83. The molecule has 0 aliphatic heterocycles. The van der Waals surface area contributed by atoms with Crippen LogP contribution in [0.15, 0.2) is 109 Å². The molecule has 4 rings (SSSR count). The van der Waals surface area contributed by atoms with E-state index in [1.807, 2.05) is 52.5 Å². The molecule has 0 aliphatic rings. The Balaban J connectivity index is 1.74. The summed E-state index contributed by atoms with van der Waals surface area (Å²) < 4.78 is 0. The second-order valence-corrected chi connectivity index (χ2v) is 9.45. The van der Waals surface area contributed by atoms with Crippen molar-refractivity contribution in [3.63, 3.8) is 0 Å². The maximum absolute atomic E-state index is 9.83. The molecule has 4 nitrogen and oxygen atoms in total. The Labute approximate surface area is 220 Å². The number of hydrogen-bond acceptors (Lipinski definition) is 4. The van der Waals surface area contributed by atoms with E-state index < -0.39 is 0 Å². The van der Waals surface area contributed by atoms with E-state index in [1.165, 1.54) is 0 Å². The van der Waals surface area contributed by atoms with Gasteiger partial charge < -0.3 is 20.0 Å². The van der Waals surface area contributed by atoms with Gasteiger partial charge in [0.2, 0.25) is 0 Å². The van der Waals surface area contributed by atoms with E-state index in [-0.39, 0.29) is 11.5 Å². The first-order valence-electron chi connectivity index (χ1n) is 12.4. The third-order valence-corrected chi connectivity index (χ3v) is 6.39. The monoisotopic (exact) mass is 490 g/mol. The Morgan fingerprint density at radius 1 is 0.486 bits per heavy atom. The summed E-state index contributed by atoms with van der Waals surface area (Å²) in [5.74, 6) is 0.503. The number of allylic oxidation sites excluding steroid dienone is 2. The normalized spacial score (nSPS) is 11.9. The van der Waals surface area contributed by atoms with Crippen LogP contribution in [-0.2, 0) is 0 Å². The lowest BCUT2D eigenvalue weighted by atomic mass is 9.94. The molecule has 0 amide bonds. The van der Waals surface area contributed by atoms with Crippen molar-refractivity contribution >= 4 is 22.5 Å². The Kier molecular flexibility index (Phi) is 7.99. The van der Waals surface area contributed by atoms with Crippen LogP contribution in [0.25, 0.3) is 11.1 Å². The summed E-state index contributed by atoms with van der Waals surface area (Å²) in [5.41, 5.74) is 8.83. The molecule has 0 aromatic heterocycles. The summed E-state index contributed by atoms with van der Waals surface area (Å²) in [4.78, 5) is 4.17. The second-order valence-electron chi connectivity index (χ2n) is 9.45. The fourth-order valence-corrected chi connectivity index (χ4v) is 4.26. The summed E-state index contributed by atoms with van der Waals surface area (Å²) in [6.07, 6.45) is 5.16. The Bertz CT molecular complexity index is 1260. The van der Waals surface area contributed by atoms with Crippen LogP contribution in [0.3, 0.4) is 0 Å². The van der Waals surface area contributed by atoms with Gasteiger partial charge in [-0.05, 0) is 88.4 Å². The molecule has 188 valence electrons. The predicted molar refractivity (Wildman–Crippen MR) is 157 cm³/mol. The van der Waals surface area contributed by atoms with Gasteiger partial charge in [0.25, 0.3) is 0 Å². The smallest absolute Gasteiger partial charge is 0.115 e. The summed E-state index contributed by atoms with van der Waals surface area (Å²) in [7, 11) is 8.14. The van der Waals surface area contributed by atoms with Gasteiger partial charge in [-0.2, -0.15) is 0 Å². The average molecular weight is 491 g/mol. The summed E-state index contributed by atoms with van der Waals surface area (Å²) >= 11 is 0. The van der Waals surface area contributed by atoms with Crippen molar-refractivity contribution < 1.29 is 10.2 Å². The molecule has 2 N–H and O–H groups in total. The first kappa shape index (κ1) is 25.6. The van der Waals surface area contributed by atoms with Crippen LogP contribution in [0.1, 0.15) is 28.7 Å². The van der Waals surface area contributed by atoms with Gasteiger partial charge in [-0.25, -0.2) is 0 Å². The summed E-state index contributed by atoms with van der Waals surface area (Å²) in [6, 6.07) is 31.7. The van der Waals surface area contributed by atoms with Gasteiger partial charge in [0.1, 0.15) is 11.5 Å². The first-order chi connectivity index (χ1) is 17.8. The zero-order valence-electron chi connectivity index (χ0n) is 21.9. The lowest BCUT2D eigenvalue weighted by Gasteiger charge is -2.15. The molecule has 4 aromatic rings. The van der Waals surface area contributed by atoms with E-state index in [1.54, 1.807) is 24.3 Å². The van der Waals surface area contributed by atoms with E-state index in [2.05, 4.69) is 70.5 Å². The lowest BCUT2D eigenvalue weighted by molar-refractivity contribution is 0.474. The molecular weight excluding hydrogens is 456 g/mol. The fraction of sp³-hybridized carbons (Fsp3) is 0.152. The minimum absolute atomic E-state index is 0.252. The quantitative estimate of drug-likeness (QED) is 0.275. The molecule has 0 spiro atoms. The second kappa shape index (κ2) is 11.5. The highest BCUT2D eigenvalue weighted by Crippen LogP contribution is 2.30. The third kappa shape index (κ3) is 6.42. The van der Waals surface area contributed by atoms with Crippen molar-refractivity contribution in [1.82, 2.24) is 0 Å². The fourth-order valence-electron chi connectivity index (χ4n) is 4.26. The number of benzene rings is 4. The molecule has 4 aromatic carbocycles. The summed E-state index contributed by atoms with van der Waals surface area (Å²) in [6.45, 7) is 0. The van der Waals surface area contributed by atoms with Gasteiger partial charge in [-0.15, -0.1) is 0 Å². The van der Waals surface area contributed by atoms with Crippen molar-refractivity contribution in [2.24, 2.45) is 0 Å². The van der Waals surface area contributed by atoms with Crippen LogP contribution in [0, 0.1) is 0 Å². The van der Waals surface area contributed by atoms with Crippen molar-refractivity contribution in [1.29, 1.82) is 0 Å². The Morgan fingerprint density at radius 2 is 0.757 bits per heavy atom. The van der Waals surface area contributed by atoms with Gasteiger partial charge in [0.15, 0.2) is 0 Å². The van der Waals surface area contributed by atoms with Crippen LogP contribution in [0.5, 0.6) is 11.5 Å². The van der Waals surface area contributed by atoms with Crippen LogP contribution >= 0.6 is 0 Å². The van der Waals surface area contributed by atoms with E-state index in [9.17, 15) is 10.2 Å². The molecule has 0 saturated heterocycles.